The van der Waals surface area contributed by atoms with E-state index in [1.165, 1.54) is 6.92 Å². The number of aliphatic hydroxyl groups excluding tert-OH is 1. The van der Waals surface area contributed by atoms with E-state index >= 15 is 0 Å². The first-order valence-corrected chi connectivity index (χ1v) is 9.69. The molecule has 2 heterocycles. The summed E-state index contributed by atoms with van der Waals surface area (Å²) in [5, 5.41) is 15.3. The molecule has 182 valence electrons. The Bertz CT molecular complexity index is 1060. The monoisotopic (exact) mass is 483 g/mol. The molecule has 2 aromatic rings. The lowest BCUT2D eigenvalue weighted by Crippen LogP contribution is -2.47. The van der Waals surface area contributed by atoms with E-state index in [4.69, 9.17) is 4.74 Å². The topological polar surface area (TPSA) is 76.4 Å². The number of benzene rings is 1. The molecule has 2 N–H and O–H groups in total. The molecule has 1 aliphatic rings. The minimum Gasteiger partial charge on any atom is -0.392 e. The van der Waals surface area contributed by atoms with E-state index in [1.807, 2.05) is 0 Å². The summed E-state index contributed by atoms with van der Waals surface area (Å²) < 4.78 is 101. The van der Waals surface area contributed by atoms with Crippen LogP contribution in [-0.2, 0) is 16.1 Å². The number of anilines is 1. The highest BCUT2D eigenvalue weighted by molar-refractivity contribution is 5.95. The smallest absolute Gasteiger partial charge is 0.392 e. The zero-order valence-electron chi connectivity index (χ0n) is 17.6. The fourth-order valence-electron chi connectivity index (χ4n) is 4.01. The Hall–Kier alpha value is -2.67. The van der Waals surface area contributed by atoms with E-state index < -0.39 is 66.0 Å². The summed E-state index contributed by atoms with van der Waals surface area (Å²) in [7, 11) is 0. The second-order valence-corrected chi connectivity index (χ2v) is 7.92. The molecule has 1 aliphatic heterocycles. The Labute approximate surface area is 183 Å². The van der Waals surface area contributed by atoms with Crippen molar-refractivity contribution in [3.05, 3.63) is 46.8 Å². The third-order valence-electron chi connectivity index (χ3n) is 6.05. The van der Waals surface area contributed by atoms with E-state index in [2.05, 4.69) is 10.4 Å². The molecule has 4 unspecified atom stereocenters. The van der Waals surface area contributed by atoms with Gasteiger partial charge in [0.2, 0.25) is 0 Å². The molecule has 0 radical (unpaired) electrons. The number of hydrogen-bond acceptors (Lipinski definition) is 4. The third-order valence-corrected chi connectivity index (χ3v) is 6.05. The van der Waals surface area contributed by atoms with Crippen molar-refractivity contribution in [3.8, 4) is 0 Å². The average molecular weight is 483 g/mol. The van der Waals surface area contributed by atoms with Crippen LogP contribution in [0.2, 0.25) is 0 Å². The van der Waals surface area contributed by atoms with Crippen LogP contribution < -0.4 is 5.32 Å². The number of nitrogens with zero attached hydrogens (tertiary/aromatic N) is 2. The second kappa shape index (κ2) is 8.60. The number of hydrogen-bond donors (Lipinski definition) is 2. The van der Waals surface area contributed by atoms with E-state index in [-0.39, 0.29) is 21.6 Å². The number of carbonyl (C=O) groups is 1. The minimum atomic E-state index is -4.95. The first-order chi connectivity index (χ1) is 15.2. The number of rotatable bonds is 5. The van der Waals surface area contributed by atoms with Crippen molar-refractivity contribution < 1.29 is 45.4 Å². The molecule has 6 nitrogen and oxygen atoms in total. The minimum absolute atomic E-state index is 0.0336. The average Bonchev–Trinajstić information content (AvgIpc) is 3.22. The number of amides is 1. The molecular formula is C20H20F7N3O3. The van der Waals surface area contributed by atoms with Crippen molar-refractivity contribution in [2.24, 2.45) is 5.92 Å². The molecule has 1 aromatic carbocycles. The van der Waals surface area contributed by atoms with Crippen LogP contribution in [-0.4, -0.2) is 38.7 Å². The van der Waals surface area contributed by atoms with E-state index in [9.17, 15) is 40.6 Å². The zero-order valence-corrected chi connectivity index (χ0v) is 17.6. The van der Waals surface area contributed by atoms with Gasteiger partial charge in [-0.25, -0.2) is 13.5 Å². The van der Waals surface area contributed by atoms with Crippen molar-refractivity contribution in [1.29, 1.82) is 0 Å². The van der Waals surface area contributed by atoms with Crippen molar-refractivity contribution in [2.75, 3.05) is 5.32 Å². The van der Waals surface area contributed by atoms with Gasteiger partial charge in [-0.2, -0.15) is 27.1 Å². The Morgan fingerprint density at radius 1 is 1.33 bits per heavy atom. The fraction of sp³-hybridized carbons (Fsp3) is 0.500. The first kappa shape index (κ1) is 25.0. The second-order valence-electron chi connectivity index (χ2n) is 7.92. The van der Waals surface area contributed by atoms with Crippen molar-refractivity contribution in [1.82, 2.24) is 9.78 Å². The Kier molecular flexibility index (Phi) is 6.50. The summed E-state index contributed by atoms with van der Waals surface area (Å²) in [5.41, 5.74) is -3.94. The normalized spacial score (nSPS) is 25.6. The molecule has 1 saturated heterocycles. The van der Waals surface area contributed by atoms with Crippen LogP contribution >= 0.6 is 0 Å². The molecule has 33 heavy (non-hydrogen) atoms. The van der Waals surface area contributed by atoms with Gasteiger partial charge in [0, 0.05) is 17.4 Å². The zero-order chi connectivity index (χ0) is 24.9. The Morgan fingerprint density at radius 3 is 2.48 bits per heavy atom. The molecule has 3 rings (SSSR count). The third kappa shape index (κ3) is 4.19. The highest BCUT2D eigenvalue weighted by Crippen LogP contribution is 2.54. The van der Waals surface area contributed by atoms with E-state index in [0.29, 0.717) is 6.07 Å². The van der Waals surface area contributed by atoms with Gasteiger partial charge < -0.3 is 15.2 Å². The number of nitrogens with one attached hydrogen (secondary N) is 1. The molecule has 0 saturated carbocycles. The highest BCUT2D eigenvalue weighted by Gasteiger charge is 2.65. The van der Waals surface area contributed by atoms with E-state index in [1.54, 1.807) is 0 Å². The summed E-state index contributed by atoms with van der Waals surface area (Å²) in [5.74, 6) is -6.86. The lowest BCUT2D eigenvalue weighted by Gasteiger charge is -2.32. The van der Waals surface area contributed by atoms with Crippen LogP contribution in [0.1, 0.15) is 43.1 Å². The van der Waals surface area contributed by atoms with Crippen LogP contribution in [0.3, 0.4) is 0 Å². The first-order valence-electron chi connectivity index (χ1n) is 9.69. The number of ether oxygens (including phenoxy) is 1. The number of aliphatic hydroxyl groups is 1. The largest absolute Gasteiger partial charge is 0.417 e. The fourth-order valence-corrected chi connectivity index (χ4v) is 4.01. The predicted octanol–water partition coefficient (Wildman–Crippen LogP) is 4.44. The molecule has 0 spiro atoms. The number of aryl methyl sites for hydroxylation is 1. The van der Waals surface area contributed by atoms with Crippen molar-refractivity contribution in [2.45, 2.75) is 57.7 Å². The summed E-state index contributed by atoms with van der Waals surface area (Å²) >= 11 is 0. The summed E-state index contributed by atoms with van der Waals surface area (Å²) in [6.45, 7) is -0.916. The predicted molar refractivity (Wildman–Crippen MR) is 100 cm³/mol. The molecule has 0 aliphatic carbocycles. The number of halogens is 7. The van der Waals surface area contributed by atoms with Gasteiger partial charge in [-0.05, 0) is 25.5 Å². The maximum absolute atomic E-state index is 14.3. The van der Waals surface area contributed by atoms with Gasteiger partial charge in [-0.3, -0.25) is 4.79 Å². The van der Waals surface area contributed by atoms with Gasteiger partial charge in [0.15, 0.2) is 17.2 Å². The lowest BCUT2D eigenvalue weighted by molar-refractivity contribution is -0.272. The van der Waals surface area contributed by atoms with Gasteiger partial charge in [-0.15, -0.1) is 0 Å². The highest BCUT2D eigenvalue weighted by atomic mass is 19.4. The lowest BCUT2D eigenvalue weighted by atomic mass is 9.76. The van der Waals surface area contributed by atoms with Crippen LogP contribution in [0.25, 0.3) is 0 Å². The number of carbonyl (C=O) groups excluding carboxylic acids is 1. The molecular weight excluding hydrogens is 463 g/mol. The van der Waals surface area contributed by atoms with Gasteiger partial charge >= 0.3 is 12.7 Å². The van der Waals surface area contributed by atoms with Gasteiger partial charge in [0.25, 0.3) is 5.91 Å². The van der Waals surface area contributed by atoms with Crippen LogP contribution in [0.5, 0.6) is 0 Å². The van der Waals surface area contributed by atoms with Crippen molar-refractivity contribution >= 4 is 11.6 Å². The summed E-state index contributed by atoms with van der Waals surface area (Å²) in [4.78, 5) is 13.0. The molecule has 1 amide bonds. The van der Waals surface area contributed by atoms with Gasteiger partial charge in [0.1, 0.15) is 6.10 Å². The number of alkyl halides is 5. The summed E-state index contributed by atoms with van der Waals surface area (Å²) in [6.07, 6.45) is -6.03. The van der Waals surface area contributed by atoms with Crippen LogP contribution in [0.15, 0.2) is 18.3 Å². The van der Waals surface area contributed by atoms with Crippen molar-refractivity contribution in [3.63, 3.8) is 0 Å². The maximum Gasteiger partial charge on any atom is 0.417 e. The van der Waals surface area contributed by atoms with Crippen LogP contribution in [0, 0.1) is 24.5 Å². The standard InChI is InChI=1S/C20H20F7N3O3/c1-8-14(10-4-5-12(21)15(22)11(10)7-31)16(33-19(8,3)20(25,26)27)17(32)28-13-6-30(18(23)24)29-9(13)2/h4-6,8,14,16,18,31H,7H2,1-3H3,(H,28,32). The quantitative estimate of drug-likeness (QED) is 0.617. The van der Waals surface area contributed by atoms with Gasteiger partial charge in [0.05, 0.1) is 24.2 Å². The Morgan fingerprint density at radius 2 is 1.97 bits per heavy atom. The molecule has 4 atom stereocenters. The molecule has 1 aromatic heterocycles. The summed E-state index contributed by atoms with van der Waals surface area (Å²) in [6, 6.07) is 1.66. The molecule has 0 bridgehead atoms. The van der Waals surface area contributed by atoms with Gasteiger partial charge in [-0.1, -0.05) is 13.0 Å². The van der Waals surface area contributed by atoms with Crippen LogP contribution in [0.4, 0.5) is 36.4 Å². The Balaban J connectivity index is 2.08. The maximum atomic E-state index is 14.3. The van der Waals surface area contributed by atoms with E-state index in [0.717, 1.165) is 26.1 Å². The number of aromatic nitrogens is 2. The SMILES string of the molecule is Cc1nn(C(F)F)cc1NC(=O)C1OC(C)(C(F)(F)F)C(C)C1c1ccc(F)c(F)c1CO. The molecule has 13 heteroatoms. The molecule has 1 fully saturated rings.